The van der Waals surface area contributed by atoms with E-state index >= 15 is 0 Å². The third-order valence-electron chi connectivity index (χ3n) is 4.32. The van der Waals surface area contributed by atoms with Crippen LogP contribution in [0.15, 0.2) is 58.5 Å². The summed E-state index contributed by atoms with van der Waals surface area (Å²) < 4.78 is 5.50. The second-order valence-electron chi connectivity index (χ2n) is 6.82. The number of carbonyl (C=O) groups is 3. The SMILES string of the molecule is N#C/C(=C/c1ccc(CNC(=O)C(=O)Nc2ccc(Cl)c(Cl)c2)o1)C(=O)Nc1ccc(Cl)c(Cl)c1. The number of benzene rings is 2. The molecule has 0 saturated heterocycles. The van der Waals surface area contributed by atoms with Gasteiger partial charge in [0.15, 0.2) is 0 Å². The number of amides is 3. The molecule has 3 rings (SSSR count). The van der Waals surface area contributed by atoms with Crippen LogP contribution in [0.1, 0.15) is 11.5 Å². The van der Waals surface area contributed by atoms with Gasteiger partial charge >= 0.3 is 11.8 Å². The minimum absolute atomic E-state index is 0.112. The van der Waals surface area contributed by atoms with Gasteiger partial charge in [0, 0.05) is 17.5 Å². The lowest BCUT2D eigenvalue weighted by Gasteiger charge is -2.06. The van der Waals surface area contributed by atoms with Crippen LogP contribution in [0.2, 0.25) is 20.1 Å². The molecule has 0 spiro atoms. The standard InChI is InChI=1S/C23H14Cl4N4O4/c24-17-5-1-13(8-19(17)26)30-21(32)12(10-28)7-15-3-4-16(35-15)11-29-22(33)23(34)31-14-2-6-18(25)20(27)9-14/h1-9H,11H2,(H,29,33)(H,30,32)(H,31,34)/b12-7-. The maximum atomic E-state index is 12.4. The highest BCUT2D eigenvalue weighted by Gasteiger charge is 2.16. The zero-order chi connectivity index (χ0) is 25.5. The quantitative estimate of drug-likeness (QED) is 0.206. The fraction of sp³-hybridized carbons (Fsp3) is 0.0435. The molecule has 0 unspecified atom stereocenters. The van der Waals surface area contributed by atoms with E-state index in [0.29, 0.717) is 21.4 Å². The average Bonchev–Trinajstić information content (AvgIpc) is 3.28. The molecule has 35 heavy (non-hydrogen) atoms. The number of carbonyl (C=O) groups excluding carboxylic acids is 3. The van der Waals surface area contributed by atoms with Gasteiger partial charge in [-0.3, -0.25) is 14.4 Å². The highest BCUT2D eigenvalue weighted by molar-refractivity contribution is 6.43. The molecular weight excluding hydrogens is 538 g/mol. The molecule has 0 saturated carbocycles. The van der Waals surface area contributed by atoms with Crippen molar-refractivity contribution in [3.8, 4) is 6.07 Å². The number of nitrogens with zero attached hydrogens (tertiary/aromatic N) is 1. The predicted octanol–water partition coefficient (Wildman–Crippen LogP) is 5.69. The normalized spacial score (nSPS) is 10.9. The van der Waals surface area contributed by atoms with Crippen LogP contribution in [0.3, 0.4) is 0 Å². The van der Waals surface area contributed by atoms with E-state index in [1.54, 1.807) is 6.07 Å². The molecule has 1 heterocycles. The topological polar surface area (TPSA) is 124 Å². The first-order chi connectivity index (χ1) is 16.7. The Morgan fingerprint density at radius 3 is 1.91 bits per heavy atom. The molecule has 0 aliphatic rings. The molecule has 3 aromatic rings. The van der Waals surface area contributed by atoms with Crippen molar-refractivity contribution in [2.75, 3.05) is 10.6 Å². The number of rotatable bonds is 6. The molecule has 3 amide bonds. The van der Waals surface area contributed by atoms with Crippen molar-refractivity contribution in [3.05, 3.63) is 85.7 Å². The molecule has 0 radical (unpaired) electrons. The van der Waals surface area contributed by atoms with Crippen molar-refractivity contribution in [2.24, 2.45) is 0 Å². The minimum Gasteiger partial charge on any atom is -0.460 e. The Balaban J connectivity index is 1.58. The van der Waals surface area contributed by atoms with Crippen LogP contribution in [0.5, 0.6) is 0 Å². The molecule has 0 aliphatic heterocycles. The van der Waals surface area contributed by atoms with Gasteiger partial charge in [-0.15, -0.1) is 0 Å². The van der Waals surface area contributed by atoms with Crippen molar-refractivity contribution in [1.82, 2.24) is 5.32 Å². The van der Waals surface area contributed by atoms with E-state index in [4.69, 9.17) is 50.8 Å². The van der Waals surface area contributed by atoms with Gasteiger partial charge in [0.1, 0.15) is 23.2 Å². The second-order valence-corrected chi connectivity index (χ2v) is 8.45. The highest BCUT2D eigenvalue weighted by Crippen LogP contribution is 2.26. The average molecular weight is 552 g/mol. The molecule has 0 atom stereocenters. The van der Waals surface area contributed by atoms with Crippen LogP contribution >= 0.6 is 46.4 Å². The fourth-order valence-corrected chi connectivity index (χ4v) is 3.24. The Kier molecular flexibility index (Phi) is 8.79. The van der Waals surface area contributed by atoms with Crippen LogP contribution in [-0.2, 0) is 20.9 Å². The van der Waals surface area contributed by atoms with Gasteiger partial charge in [-0.25, -0.2) is 0 Å². The molecule has 12 heteroatoms. The van der Waals surface area contributed by atoms with Crippen LogP contribution in [0.25, 0.3) is 6.08 Å². The molecule has 8 nitrogen and oxygen atoms in total. The lowest BCUT2D eigenvalue weighted by molar-refractivity contribution is -0.136. The first kappa shape index (κ1) is 26.1. The Morgan fingerprint density at radius 1 is 0.800 bits per heavy atom. The Hall–Kier alpha value is -3.48. The molecule has 0 fully saturated rings. The van der Waals surface area contributed by atoms with Crippen molar-refractivity contribution in [3.63, 3.8) is 0 Å². The Morgan fingerprint density at radius 2 is 1.37 bits per heavy atom. The van der Waals surface area contributed by atoms with Crippen molar-refractivity contribution < 1.29 is 18.8 Å². The Labute approximate surface area is 219 Å². The van der Waals surface area contributed by atoms with Gasteiger partial charge in [0.05, 0.1) is 26.6 Å². The summed E-state index contributed by atoms with van der Waals surface area (Å²) in [4.78, 5) is 36.5. The molecule has 0 aliphatic carbocycles. The van der Waals surface area contributed by atoms with Gasteiger partial charge in [-0.2, -0.15) is 5.26 Å². The molecule has 1 aromatic heterocycles. The van der Waals surface area contributed by atoms with Gasteiger partial charge in [0.2, 0.25) is 0 Å². The van der Waals surface area contributed by atoms with E-state index in [9.17, 15) is 19.6 Å². The van der Waals surface area contributed by atoms with Crippen molar-refractivity contribution >= 4 is 81.6 Å². The number of hydrogen-bond donors (Lipinski definition) is 3. The molecule has 2 aromatic carbocycles. The van der Waals surface area contributed by atoms with E-state index in [2.05, 4.69) is 16.0 Å². The third-order valence-corrected chi connectivity index (χ3v) is 5.80. The van der Waals surface area contributed by atoms with Crippen molar-refractivity contribution in [2.45, 2.75) is 6.54 Å². The number of furan rings is 1. The summed E-state index contributed by atoms with van der Waals surface area (Å²) in [6, 6.07) is 13.7. The molecular formula is C23H14Cl4N4O4. The zero-order valence-electron chi connectivity index (χ0n) is 17.5. The number of halogens is 4. The number of anilines is 2. The van der Waals surface area contributed by atoms with Crippen LogP contribution in [0, 0.1) is 11.3 Å². The molecule has 178 valence electrons. The highest BCUT2D eigenvalue weighted by atomic mass is 35.5. The van der Waals surface area contributed by atoms with Crippen LogP contribution in [0.4, 0.5) is 11.4 Å². The zero-order valence-corrected chi connectivity index (χ0v) is 20.5. The van der Waals surface area contributed by atoms with E-state index < -0.39 is 17.7 Å². The van der Waals surface area contributed by atoms with E-state index in [-0.39, 0.29) is 33.7 Å². The summed E-state index contributed by atoms with van der Waals surface area (Å²) in [5.41, 5.74) is 0.419. The third kappa shape index (κ3) is 7.25. The van der Waals surface area contributed by atoms with Crippen LogP contribution in [-0.4, -0.2) is 17.7 Å². The fourth-order valence-electron chi connectivity index (χ4n) is 2.64. The molecule has 3 N–H and O–H groups in total. The summed E-state index contributed by atoms with van der Waals surface area (Å²) >= 11 is 23.5. The molecule has 0 bridgehead atoms. The van der Waals surface area contributed by atoms with Gasteiger partial charge in [-0.1, -0.05) is 46.4 Å². The summed E-state index contributed by atoms with van der Waals surface area (Å²) in [6.45, 7) is -0.112. The smallest absolute Gasteiger partial charge is 0.313 e. The lowest BCUT2D eigenvalue weighted by atomic mass is 10.2. The summed E-state index contributed by atoms with van der Waals surface area (Å²) in [5, 5.41) is 17.8. The second kappa shape index (κ2) is 11.8. The monoisotopic (exact) mass is 550 g/mol. The van der Waals surface area contributed by atoms with E-state index in [0.717, 1.165) is 0 Å². The summed E-state index contributed by atoms with van der Waals surface area (Å²) in [6.07, 6.45) is 1.23. The minimum atomic E-state index is -0.916. The van der Waals surface area contributed by atoms with E-state index in [1.807, 2.05) is 0 Å². The maximum absolute atomic E-state index is 12.4. The summed E-state index contributed by atoms with van der Waals surface area (Å²) in [7, 11) is 0. The van der Waals surface area contributed by atoms with Crippen molar-refractivity contribution in [1.29, 1.82) is 5.26 Å². The predicted molar refractivity (Wildman–Crippen MR) is 134 cm³/mol. The number of hydrogen-bond acceptors (Lipinski definition) is 5. The largest absolute Gasteiger partial charge is 0.460 e. The Bertz CT molecular complexity index is 1380. The lowest BCUT2D eigenvalue weighted by Crippen LogP contribution is -2.34. The maximum Gasteiger partial charge on any atom is 0.313 e. The first-order valence-corrected chi connectivity index (χ1v) is 11.2. The van der Waals surface area contributed by atoms with Crippen LogP contribution < -0.4 is 16.0 Å². The number of nitrogens with one attached hydrogen (secondary N) is 3. The summed E-state index contributed by atoms with van der Waals surface area (Å²) in [5.74, 6) is -2.04. The van der Waals surface area contributed by atoms with Gasteiger partial charge in [-0.05, 0) is 48.5 Å². The van der Waals surface area contributed by atoms with Gasteiger partial charge in [0.25, 0.3) is 5.91 Å². The number of nitriles is 1. The van der Waals surface area contributed by atoms with Gasteiger partial charge < -0.3 is 20.4 Å². The van der Waals surface area contributed by atoms with E-state index in [1.165, 1.54) is 54.6 Å². The first-order valence-electron chi connectivity index (χ1n) is 9.67.